The molecule has 2 heterocycles. The summed E-state index contributed by atoms with van der Waals surface area (Å²) in [5.74, 6) is 0.0129. The predicted octanol–water partition coefficient (Wildman–Crippen LogP) is 1.87. The Morgan fingerprint density at radius 1 is 1.14 bits per heavy atom. The van der Waals surface area contributed by atoms with Crippen molar-refractivity contribution >= 4 is 30.7 Å². The second-order valence-electron chi connectivity index (χ2n) is 7.32. The highest BCUT2D eigenvalue weighted by molar-refractivity contribution is 5.85. The molecule has 2 aliphatic rings. The van der Waals surface area contributed by atoms with Crippen LogP contribution in [0.15, 0.2) is 24.3 Å². The van der Waals surface area contributed by atoms with Crippen LogP contribution >= 0.6 is 24.8 Å². The van der Waals surface area contributed by atoms with E-state index in [2.05, 4.69) is 27.7 Å². The first-order valence-electron chi connectivity index (χ1n) is 9.77. The topological polar surface area (TPSA) is 73.8 Å². The van der Waals surface area contributed by atoms with E-state index in [9.17, 15) is 9.90 Å². The number of carbonyl (C=O) groups is 1. The van der Waals surface area contributed by atoms with Crippen molar-refractivity contribution in [2.45, 2.75) is 51.0 Å². The van der Waals surface area contributed by atoms with Crippen LogP contribution in [0.5, 0.6) is 0 Å². The largest absolute Gasteiger partial charge is 0.393 e. The monoisotopic (exact) mass is 433 g/mol. The van der Waals surface area contributed by atoms with Gasteiger partial charge in [0.1, 0.15) is 0 Å². The molecule has 0 bridgehead atoms. The van der Waals surface area contributed by atoms with E-state index in [1.165, 1.54) is 5.56 Å². The fourth-order valence-electron chi connectivity index (χ4n) is 3.61. The molecule has 1 unspecified atom stereocenters. The minimum Gasteiger partial charge on any atom is -0.393 e. The van der Waals surface area contributed by atoms with E-state index in [1.807, 2.05) is 12.1 Å². The highest BCUT2D eigenvalue weighted by atomic mass is 35.5. The molecule has 0 aromatic heterocycles. The number of rotatable bonds is 8. The van der Waals surface area contributed by atoms with Crippen LogP contribution in [-0.4, -0.2) is 60.9 Å². The number of hydrogen-bond acceptors (Lipinski definition) is 5. The van der Waals surface area contributed by atoms with Crippen LogP contribution in [0.25, 0.3) is 0 Å². The van der Waals surface area contributed by atoms with Crippen LogP contribution in [0.2, 0.25) is 0 Å². The zero-order valence-corrected chi connectivity index (χ0v) is 17.9. The van der Waals surface area contributed by atoms with E-state index in [0.717, 1.165) is 64.0 Å². The van der Waals surface area contributed by atoms with Gasteiger partial charge in [0, 0.05) is 39.3 Å². The quantitative estimate of drug-likeness (QED) is 0.583. The lowest BCUT2D eigenvalue weighted by Crippen LogP contribution is -2.37. The second-order valence-corrected chi connectivity index (χ2v) is 7.32. The molecule has 8 heteroatoms. The van der Waals surface area contributed by atoms with Crippen molar-refractivity contribution in [1.82, 2.24) is 15.5 Å². The number of amides is 1. The van der Waals surface area contributed by atoms with Crippen molar-refractivity contribution in [3.05, 3.63) is 35.4 Å². The molecule has 3 rings (SSSR count). The minimum atomic E-state index is -0.150. The maximum atomic E-state index is 12.1. The zero-order chi connectivity index (χ0) is 18.2. The summed E-state index contributed by atoms with van der Waals surface area (Å²) in [5.41, 5.74) is 2.41. The van der Waals surface area contributed by atoms with Gasteiger partial charge in [0.15, 0.2) is 0 Å². The van der Waals surface area contributed by atoms with Crippen LogP contribution < -0.4 is 10.6 Å². The number of likely N-dealkylation sites (tertiary alicyclic amines) is 1. The number of nitrogens with one attached hydrogen (secondary N) is 2. The van der Waals surface area contributed by atoms with Crippen molar-refractivity contribution in [3.63, 3.8) is 0 Å². The van der Waals surface area contributed by atoms with Crippen molar-refractivity contribution < 1.29 is 14.6 Å². The Morgan fingerprint density at radius 2 is 1.86 bits per heavy atom. The van der Waals surface area contributed by atoms with Crippen molar-refractivity contribution in [2.75, 3.05) is 32.8 Å². The predicted molar refractivity (Wildman–Crippen MR) is 115 cm³/mol. The summed E-state index contributed by atoms with van der Waals surface area (Å²) in [7, 11) is 0. The van der Waals surface area contributed by atoms with E-state index >= 15 is 0 Å². The molecular formula is C20H33Cl2N3O3. The Morgan fingerprint density at radius 3 is 2.54 bits per heavy atom. The first kappa shape index (κ1) is 25.1. The van der Waals surface area contributed by atoms with E-state index in [-0.39, 0.29) is 42.9 Å². The normalized spacial score (nSPS) is 20.2. The van der Waals surface area contributed by atoms with E-state index in [4.69, 9.17) is 4.74 Å². The zero-order valence-electron chi connectivity index (χ0n) is 16.3. The summed E-state index contributed by atoms with van der Waals surface area (Å²) in [4.78, 5) is 14.4. The third kappa shape index (κ3) is 8.23. The number of nitrogens with zero attached hydrogens (tertiary/aromatic N) is 1. The molecule has 2 aliphatic heterocycles. The molecule has 2 fully saturated rings. The molecule has 1 aromatic carbocycles. The van der Waals surface area contributed by atoms with E-state index in [0.29, 0.717) is 13.1 Å². The molecule has 28 heavy (non-hydrogen) atoms. The highest BCUT2D eigenvalue weighted by Gasteiger charge is 2.18. The molecule has 3 N–H and O–H groups in total. The van der Waals surface area contributed by atoms with Gasteiger partial charge in [-0.15, -0.1) is 24.8 Å². The molecule has 0 saturated carbocycles. The highest BCUT2D eigenvalue weighted by Crippen LogP contribution is 2.16. The van der Waals surface area contributed by atoms with E-state index < -0.39 is 0 Å². The molecule has 2 saturated heterocycles. The number of benzene rings is 1. The second kappa shape index (κ2) is 13.4. The van der Waals surface area contributed by atoms with Crippen LogP contribution in [-0.2, 0) is 22.6 Å². The van der Waals surface area contributed by atoms with Gasteiger partial charge in [0.25, 0.3) is 0 Å². The number of halogens is 2. The molecule has 160 valence electrons. The fourth-order valence-corrected chi connectivity index (χ4v) is 3.61. The number of carbonyl (C=O) groups excluding carboxylic acids is 1. The Balaban J connectivity index is 0.00000196. The van der Waals surface area contributed by atoms with Crippen molar-refractivity contribution in [3.8, 4) is 0 Å². The van der Waals surface area contributed by atoms with E-state index in [1.54, 1.807) is 0 Å². The van der Waals surface area contributed by atoms with Gasteiger partial charge in [0.2, 0.25) is 5.91 Å². The van der Waals surface area contributed by atoms with Crippen molar-refractivity contribution in [1.29, 1.82) is 0 Å². The van der Waals surface area contributed by atoms with Gasteiger partial charge in [-0.2, -0.15) is 0 Å². The molecule has 1 amide bonds. The number of aliphatic hydroxyl groups excluding tert-OH is 1. The third-order valence-corrected chi connectivity index (χ3v) is 5.23. The first-order chi connectivity index (χ1) is 12.7. The van der Waals surface area contributed by atoms with Gasteiger partial charge in [-0.05, 0) is 36.8 Å². The molecule has 0 spiro atoms. The summed E-state index contributed by atoms with van der Waals surface area (Å²) in [6.07, 6.45) is 3.99. The van der Waals surface area contributed by atoms with Crippen LogP contribution in [0.1, 0.15) is 36.8 Å². The summed E-state index contributed by atoms with van der Waals surface area (Å²) >= 11 is 0. The Hall–Kier alpha value is -0.890. The molecule has 1 atom stereocenters. The lowest BCUT2D eigenvalue weighted by Gasteiger charge is -2.30. The number of piperidine rings is 1. The maximum Gasteiger partial charge on any atom is 0.234 e. The minimum absolute atomic E-state index is 0. The number of hydrogen-bond donors (Lipinski definition) is 3. The molecule has 1 aromatic rings. The van der Waals surface area contributed by atoms with Gasteiger partial charge < -0.3 is 20.5 Å². The summed E-state index contributed by atoms with van der Waals surface area (Å²) in [6, 6.07) is 8.26. The summed E-state index contributed by atoms with van der Waals surface area (Å²) in [6.45, 7) is 5.18. The first-order valence-corrected chi connectivity index (χ1v) is 9.77. The van der Waals surface area contributed by atoms with Crippen molar-refractivity contribution in [2.24, 2.45) is 0 Å². The molecule has 0 radical (unpaired) electrons. The van der Waals surface area contributed by atoms with Gasteiger partial charge in [-0.1, -0.05) is 24.3 Å². The van der Waals surface area contributed by atoms with Crippen LogP contribution in [0.4, 0.5) is 0 Å². The number of aliphatic hydroxyl groups is 1. The van der Waals surface area contributed by atoms with Gasteiger partial charge in [-0.3, -0.25) is 9.69 Å². The van der Waals surface area contributed by atoms with Crippen LogP contribution in [0.3, 0.4) is 0 Å². The SMILES string of the molecule is Cl.Cl.O=C(CNCC1CCCO1)NCc1ccccc1CN1CCC(O)CC1. The Bertz CT molecular complexity index is 578. The lowest BCUT2D eigenvalue weighted by atomic mass is 10.0. The molecule has 0 aliphatic carbocycles. The number of ether oxygens (including phenoxy) is 1. The van der Waals surface area contributed by atoms with Gasteiger partial charge in [0.05, 0.1) is 18.8 Å². The smallest absolute Gasteiger partial charge is 0.234 e. The molecule has 6 nitrogen and oxygen atoms in total. The summed E-state index contributed by atoms with van der Waals surface area (Å²) < 4.78 is 5.54. The van der Waals surface area contributed by atoms with Crippen LogP contribution in [0, 0.1) is 0 Å². The van der Waals surface area contributed by atoms with Gasteiger partial charge in [-0.25, -0.2) is 0 Å². The maximum absolute atomic E-state index is 12.1. The average Bonchev–Trinajstić information content (AvgIpc) is 3.16. The standard InChI is InChI=1S/C20H31N3O3.2ClH/c24-18-7-9-23(10-8-18)15-17-5-2-1-4-16(17)12-22-20(25)14-21-13-19-6-3-11-26-19;;/h1-2,4-5,18-19,21,24H,3,6-15H2,(H,22,25);2*1H. The molecular weight excluding hydrogens is 401 g/mol. The fraction of sp³-hybridized carbons (Fsp3) is 0.650. The van der Waals surface area contributed by atoms with Gasteiger partial charge >= 0.3 is 0 Å². The Labute approximate surface area is 180 Å². The third-order valence-electron chi connectivity index (χ3n) is 5.23. The Kier molecular flexibility index (Phi) is 12.0. The average molecular weight is 434 g/mol. The summed E-state index contributed by atoms with van der Waals surface area (Å²) in [5, 5.41) is 15.8. The lowest BCUT2D eigenvalue weighted by molar-refractivity contribution is -0.120.